The van der Waals surface area contributed by atoms with Crippen molar-refractivity contribution in [3.8, 4) is 0 Å². The zero-order valence-corrected chi connectivity index (χ0v) is 6.12. The standard InChI is InChI=1S/C3H5.2CO.Fe.NO/c1-3-2;2*1-2;;1-2/h3H,1-2H2;;;;/q;;;;+1. The zero-order chi connectivity index (χ0) is 8.71. The molecule has 1 radical (unpaired) electrons. The van der Waals surface area contributed by atoms with Gasteiger partial charge in [-0.2, -0.15) is 0 Å². The van der Waals surface area contributed by atoms with Crippen LogP contribution in [0.3, 0.4) is 0 Å². The van der Waals surface area contributed by atoms with Crippen LogP contribution >= 0.6 is 0 Å². The summed E-state index contributed by atoms with van der Waals surface area (Å²) in [7, 11) is 0. The number of rotatable bonds is 0. The van der Waals surface area contributed by atoms with E-state index in [1.807, 2.05) is 0 Å². The molecule has 0 aromatic rings. The average Bonchev–Trinajstić information content (AvgIpc) is 2.01. The topological polar surface area (TPSA) is 83.5 Å². The van der Waals surface area contributed by atoms with Crippen LogP contribution in [0.25, 0.3) is 0 Å². The van der Waals surface area contributed by atoms with Gasteiger partial charge in [0.05, 0.1) is 0 Å². The summed E-state index contributed by atoms with van der Waals surface area (Å²) in [6.45, 7) is 15.5. The van der Waals surface area contributed by atoms with E-state index < -0.39 is 0 Å². The van der Waals surface area contributed by atoms with E-state index in [1.165, 1.54) is 6.08 Å². The van der Waals surface area contributed by atoms with Crippen molar-refractivity contribution in [1.29, 1.82) is 5.46 Å². The van der Waals surface area contributed by atoms with Crippen molar-refractivity contribution in [3.63, 3.8) is 0 Å². The summed E-state index contributed by atoms with van der Waals surface area (Å²) >= 11 is 0. The Labute approximate surface area is 70.1 Å². The summed E-state index contributed by atoms with van der Waals surface area (Å²) in [5.41, 5.74) is 5.75. The maximum Gasteiger partial charge on any atom is 0 e. The summed E-state index contributed by atoms with van der Waals surface area (Å²) in [4.78, 5) is 0. The van der Waals surface area contributed by atoms with Crippen LogP contribution in [0.2, 0.25) is 0 Å². The maximum atomic E-state index is 7.50. The molecule has 0 saturated heterocycles. The van der Waals surface area contributed by atoms with Crippen LogP contribution in [0.4, 0.5) is 0 Å². The van der Waals surface area contributed by atoms with Crippen molar-refractivity contribution in [3.05, 3.63) is 32.9 Å². The first-order chi connectivity index (χ1) is 4.41. The van der Waals surface area contributed by atoms with Gasteiger partial charge in [-0.1, -0.05) is 6.08 Å². The second kappa shape index (κ2) is 2750. The van der Waals surface area contributed by atoms with Gasteiger partial charge in [0.25, 0.3) is 0 Å². The van der Waals surface area contributed by atoms with Crippen molar-refractivity contribution in [2.45, 2.75) is 0 Å². The predicted molar refractivity (Wildman–Crippen MR) is 25.8 cm³/mol. The smallest absolute Gasteiger partial charge is 0 e. The Morgan fingerprint density at radius 1 is 1.10 bits per heavy atom. The molecule has 5 heteroatoms. The van der Waals surface area contributed by atoms with Crippen molar-refractivity contribution in [2.24, 2.45) is 0 Å². The van der Waals surface area contributed by atoms with Crippen molar-refractivity contribution >= 4 is 0 Å². The van der Waals surface area contributed by atoms with E-state index >= 15 is 0 Å². The normalized spacial score (nSPS) is 1.90. The Kier molecular flexibility index (Phi) is 9420. The van der Waals surface area contributed by atoms with Crippen LogP contribution in [0.5, 0.6) is 0 Å². The first-order valence-corrected chi connectivity index (χ1v) is 1.41. The zero-order valence-electron chi connectivity index (χ0n) is 5.02. The molecule has 4 nitrogen and oxygen atoms in total. The van der Waals surface area contributed by atoms with Crippen molar-refractivity contribution < 1.29 is 31.1 Å². The molecule has 0 N–H and O–H groups in total. The van der Waals surface area contributed by atoms with Crippen molar-refractivity contribution in [2.75, 3.05) is 0 Å². The quantitative estimate of drug-likeness (QED) is 0.310. The minimum atomic E-state index is 0. The molecule has 0 saturated carbocycles. The van der Waals surface area contributed by atoms with Gasteiger partial charge in [0.1, 0.15) is 0 Å². The first kappa shape index (κ1) is 34.2. The minimum Gasteiger partial charge on any atom is -0.103 e. The van der Waals surface area contributed by atoms with E-state index in [0.717, 1.165) is 0 Å². The molecule has 10 heavy (non-hydrogen) atoms. The fourth-order valence-electron chi connectivity index (χ4n) is 0. The number of allylic oxidation sites excluding steroid dienone is 1. The molecule has 0 spiro atoms. The van der Waals surface area contributed by atoms with E-state index in [0.29, 0.717) is 0 Å². The molecule has 0 rings (SSSR count). The number of hydrogen-bond donors (Lipinski definition) is 0. The molecule has 0 aliphatic heterocycles. The second-order valence-electron chi connectivity index (χ2n) is 0.289. The molecule has 0 unspecified atom stereocenters. The van der Waals surface area contributed by atoms with Crippen molar-refractivity contribution in [1.82, 2.24) is 0 Å². The fourth-order valence-corrected chi connectivity index (χ4v) is 0. The molecular formula is C5H5FeNO3+. The molecular weight excluding hydrogens is 178 g/mol. The Balaban J connectivity index is -0.0000000110. The van der Waals surface area contributed by atoms with E-state index in [9.17, 15) is 0 Å². The third-order valence-corrected chi connectivity index (χ3v) is 0. The Bertz CT molecular complexity index is 72.4. The third kappa shape index (κ3) is 873. The van der Waals surface area contributed by atoms with Crippen LogP contribution in [0, 0.1) is 25.7 Å². The summed E-state index contributed by atoms with van der Waals surface area (Å²) in [6.07, 6.45) is 1.50. The molecule has 0 heterocycles. The molecule has 0 aromatic heterocycles. The van der Waals surface area contributed by atoms with Gasteiger partial charge in [-0.3, -0.25) is 0 Å². The minimum absolute atomic E-state index is 0. The summed E-state index contributed by atoms with van der Waals surface area (Å²) < 4.78 is 22.2. The van der Waals surface area contributed by atoms with Gasteiger partial charge in [0.2, 0.25) is 0 Å². The number of hydrogen-bond acceptors (Lipinski definition) is 1. The van der Waals surface area contributed by atoms with Gasteiger partial charge >= 0.3 is 32.8 Å². The summed E-state index contributed by atoms with van der Waals surface area (Å²) in [6, 6.07) is 0. The van der Waals surface area contributed by atoms with E-state index in [2.05, 4.69) is 26.8 Å². The van der Waals surface area contributed by atoms with E-state index in [-0.39, 0.29) is 17.1 Å². The second-order valence-corrected chi connectivity index (χ2v) is 0.289. The van der Waals surface area contributed by atoms with Crippen LogP contribution in [-0.4, -0.2) is 0 Å². The third-order valence-electron chi connectivity index (χ3n) is 0. The Morgan fingerprint density at radius 2 is 1.10 bits per heavy atom. The Morgan fingerprint density at radius 3 is 1.10 bits per heavy atom. The van der Waals surface area contributed by atoms with Gasteiger partial charge in [-0.05, 0) is 6.92 Å². The van der Waals surface area contributed by atoms with Gasteiger partial charge in [0, 0.05) is 17.1 Å². The SMILES string of the molecule is N#[O+].[C-]#[O+].[C-]#[O+].[CH2]C=C.[Fe]. The van der Waals surface area contributed by atoms with Gasteiger partial charge in [-0.15, -0.1) is 6.58 Å². The van der Waals surface area contributed by atoms with E-state index in [1.54, 1.807) is 0 Å². The van der Waals surface area contributed by atoms with Crippen LogP contribution in [0.15, 0.2) is 12.7 Å². The molecule has 0 aliphatic carbocycles. The molecule has 0 aromatic carbocycles. The molecule has 55 valence electrons. The van der Waals surface area contributed by atoms with Gasteiger partial charge < -0.3 is 0 Å². The van der Waals surface area contributed by atoms with Gasteiger partial charge in [-0.25, -0.2) is 0 Å². The van der Waals surface area contributed by atoms with E-state index in [4.69, 9.17) is 19.5 Å². The number of nitrogens with zero attached hydrogens (tertiary/aromatic N) is 1. The first-order valence-electron chi connectivity index (χ1n) is 1.41. The average molecular weight is 183 g/mol. The molecule has 0 bridgehead atoms. The van der Waals surface area contributed by atoms with Crippen LogP contribution < -0.4 is 0 Å². The van der Waals surface area contributed by atoms with Crippen LogP contribution in [-0.2, 0) is 31.1 Å². The van der Waals surface area contributed by atoms with Gasteiger partial charge in [0.15, 0.2) is 0 Å². The molecule has 0 aliphatic rings. The maximum absolute atomic E-state index is 7.50. The van der Waals surface area contributed by atoms with Crippen LogP contribution in [0.1, 0.15) is 0 Å². The summed E-state index contributed by atoms with van der Waals surface area (Å²) in [5, 5.41) is 0. The molecule has 0 fully saturated rings. The fraction of sp³-hybridized carbons (Fsp3) is 0. The largest absolute Gasteiger partial charge is 0.103 e. The molecule has 0 atom stereocenters. The molecule has 0 amide bonds. The Hall–Kier alpha value is -0.591. The monoisotopic (exact) mass is 183 g/mol. The predicted octanol–water partition coefficient (Wildman–Crippen LogP) is 0.825. The summed E-state index contributed by atoms with van der Waals surface area (Å²) in [5.74, 6) is 0.